The van der Waals surface area contributed by atoms with E-state index in [4.69, 9.17) is 5.73 Å². The van der Waals surface area contributed by atoms with Crippen molar-refractivity contribution in [3.8, 4) is 0 Å². The Bertz CT molecular complexity index is 307. The van der Waals surface area contributed by atoms with E-state index in [2.05, 4.69) is 15.4 Å². The number of likely N-dealkylation sites (N-methyl/N-ethyl adjacent to an activating group) is 1. The molecule has 1 unspecified atom stereocenters. The first-order chi connectivity index (χ1) is 9.01. The van der Waals surface area contributed by atoms with Gasteiger partial charge >= 0.3 is 5.97 Å². The molecule has 110 valence electrons. The summed E-state index contributed by atoms with van der Waals surface area (Å²) in [6.45, 7) is 0.514. The molecule has 0 fully saturated rings. The fourth-order valence-corrected chi connectivity index (χ4v) is 1.44. The minimum Gasteiger partial charge on any atom is -0.469 e. The Morgan fingerprint density at radius 2 is 1.89 bits per heavy atom. The molecule has 0 saturated carbocycles. The molecule has 0 aromatic carbocycles. The van der Waals surface area contributed by atoms with Crippen molar-refractivity contribution in [2.75, 3.05) is 20.7 Å². The van der Waals surface area contributed by atoms with Crippen LogP contribution in [0, 0.1) is 0 Å². The van der Waals surface area contributed by atoms with Gasteiger partial charge in [0.2, 0.25) is 11.8 Å². The van der Waals surface area contributed by atoms with E-state index in [1.165, 1.54) is 7.11 Å². The van der Waals surface area contributed by atoms with Gasteiger partial charge in [0.05, 0.1) is 19.6 Å². The van der Waals surface area contributed by atoms with E-state index in [1.807, 2.05) is 0 Å². The minimum absolute atomic E-state index is 0.0872. The van der Waals surface area contributed by atoms with Crippen LogP contribution < -0.4 is 16.4 Å². The molecule has 7 nitrogen and oxygen atoms in total. The number of rotatable bonds is 9. The summed E-state index contributed by atoms with van der Waals surface area (Å²) in [5, 5.41) is 5.17. The molecule has 0 heterocycles. The summed E-state index contributed by atoms with van der Waals surface area (Å²) in [6, 6.07) is -0.500. The molecule has 2 amide bonds. The van der Waals surface area contributed by atoms with Crippen molar-refractivity contribution in [3.05, 3.63) is 0 Å². The number of carbonyl (C=O) groups excluding carboxylic acids is 3. The van der Waals surface area contributed by atoms with Crippen molar-refractivity contribution in [1.82, 2.24) is 10.6 Å². The van der Waals surface area contributed by atoms with Crippen molar-refractivity contribution in [2.24, 2.45) is 5.73 Å². The van der Waals surface area contributed by atoms with Crippen LogP contribution in [0.3, 0.4) is 0 Å². The Balaban J connectivity index is 3.51. The lowest BCUT2D eigenvalue weighted by atomic mass is 10.1. The van der Waals surface area contributed by atoms with Gasteiger partial charge in [0.1, 0.15) is 0 Å². The number of carbonyl (C=O) groups is 3. The highest BCUT2D eigenvalue weighted by molar-refractivity contribution is 5.81. The van der Waals surface area contributed by atoms with E-state index in [-0.39, 0.29) is 24.7 Å². The van der Waals surface area contributed by atoms with Crippen molar-refractivity contribution in [1.29, 1.82) is 0 Å². The van der Waals surface area contributed by atoms with Gasteiger partial charge < -0.3 is 21.1 Å². The average molecular weight is 273 g/mol. The molecule has 0 radical (unpaired) electrons. The van der Waals surface area contributed by atoms with Gasteiger partial charge in [0.15, 0.2) is 0 Å². The summed E-state index contributed by atoms with van der Waals surface area (Å²) in [6.07, 6.45) is 2.30. The summed E-state index contributed by atoms with van der Waals surface area (Å²) in [5.41, 5.74) is 5.62. The Morgan fingerprint density at radius 3 is 2.47 bits per heavy atom. The molecule has 0 rings (SSSR count). The fourth-order valence-electron chi connectivity index (χ4n) is 1.44. The molecule has 0 aliphatic rings. The summed E-state index contributed by atoms with van der Waals surface area (Å²) in [7, 11) is 2.83. The topological polar surface area (TPSA) is 111 Å². The first kappa shape index (κ1) is 17.4. The van der Waals surface area contributed by atoms with Gasteiger partial charge in [-0.1, -0.05) is 0 Å². The molecular weight excluding hydrogens is 250 g/mol. The lowest BCUT2D eigenvalue weighted by Gasteiger charge is -2.09. The third kappa shape index (κ3) is 9.01. The summed E-state index contributed by atoms with van der Waals surface area (Å²) in [4.78, 5) is 33.2. The Hall–Kier alpha value is -1.63. The molecule has 0 aliphatic heterocycles. The molecule has 19 heavy (non-hydrogen) atoms. The first-order valence-corrected chi connectivity index (χ1v) is 6.32. The van der Waals surface area contributed by atoms with E-state index in [0.717, 1.165) is 12.8 Å². The number of hydrogen-bond acceptors (Lipinski definition) is 5. The smallest absolute Gasteiger partial charge is 0.306 e. The second kappa shape index (κ2) is 10.3. The zero-order valence-corrected chi connectivity index (χ0v) is 11.5. The second-order valence-corrected chi connectivity index (χ2v) is 4.14. The van der Waals surface area contributed by atoms with Crippen LogP contribution in [0.15, 0.2) is 0 Å². The van der Waals surface area contributed by atoms with Crippen LogP contribution >= 0.6 is 0 Å². The van der Waals surface area contributed by atoms with Crippen LogP contribution in [0.4, 0.5) is 0 Å². The molecule has 1 atom stereocenters. The van der Waals surface area contributed by atoms with Gasteiger partial charge in [-0.05, 0) is 19.3 Å². The SMILES string of the molecule is CNC(=O)C(N)CCCCNC(=O)CCC(=O)OC. The lowest BCUT2D eigenvalue weighted by Crippen LogP contribution is -2.38. The van der Waals surface area contributed by atoms with Crippen molar-refractivity contribution in [2.45, 2.75) is 38.1 Å². The quantitative estimate of drug-likeness (QED) is 0.380. The fraction of sp³-hybridized carbons (Fsp3) is 0.750. The highest BCUT2D eigenvalue weighted by Gasteiger charge is 2.10. The van der Waals surface area contributed by atoms with Gasteiger partial charge in [-0.2, -0.15) is 0 Å². The zero-order chi connectivity index (χ0) is 14.7. The summed E-state index contributed by atoms with van der Waals surface area (Å²) in [5.74, 6) is -0.755. The summed E-state index contributed by atoms with van der Waals surface area (Å²) < 4.78 is 4.43. The third-order valence-electron chi connectivity index (χ3n) is 2.63. The number of amides is 2. The number of nitrogens with two attached hydrogens (primary N) is 1. The minimum atomic E-state index is -0.500. The number of methoxy groups -OCH3 is 1. The van der Waals surface area contributed by atoms with Crippen LogP contribution in [0.25, 0.3) is 0 Å². The van der Waals surface area contributed by atoms with E-state index in [1.54, 1.807) is 7.05 Å². The normalized spacial score (nSPS) is 11.5. The van der Waals surface area contributed by atoms with Crippen LogP contribution in [0.1, 0.15) is 32.1 Å². The molecule has 0 spiro atoms. The van der Waals surface area contributed by atoms with E-state index in [9.17, 15) is 14.4 Å². The van der Waals surface area contributed by atoms with Gasteiger partial charge in [-0.15, -0.1) is 0 Å². The van der Waals surface area contributed by atoms with Crippen molar-refractivity contribution < 1.29 is 19.1 Å². The van der Waals surface area contributed by atoms with E-state index >= 15 is 0 Å². The Kier molecular flexibility index (Phi) is 9.42. The maximum absolute atomic E-state index is 11.3. The predicted octanol–water partition coefficient (Wildman–Crippen LogP) is -0.701. The second-order valence-electron chi connectivity index (χ2n) is 4.14. The highest BCUT2D eigenvalue weighted by atomic mass is 16.5. The van der Waals surface area contributed by atoms with Crippen LogP contribution in [0.2, 0.25) is 0 Å². The van der Waals surface area contributed by atoms with Crippen LogP contribution in [0.5, 0.6) is 0 Å². The molecule has 7 heteroatoms. The van der Waals surface area contributed by atoms with Gasteiger partial charge in [0, 0.05) is 20.0 Å². The average Bonchev–Trinajstić information content (AvgIpc) is 2.42. The van der Waals surface area contributed by atoms with E-state index < -0.39 is 12.0 Å². The van der Waals surface area contributed by atoms with Crippen molar-refractivity contribution >= 4 is 17.8 Å². The van der Waals surface area contributed by atoms with Crippen LogP contribution in [-0.2, 0) is 19.1 Å². The van der Waals surface area contributed by atoms with Crippen LogP contribution in [-0.4, -0.2) is 44.5 Å². The third-order valence-corrected chi connectivity index (χ3v) is 2.63. The standard InChI is InChI=1S/C12H23N3O4/c1-14-12(18)9(13)5-3-4-8-15-10(16)6-7-11(17)19-2/h9H,3-8,13H2,1-2H3,(H,14,18)(H,15,16). The first-order valence-electron chi connectivity index (χ1n) is 6.32. The molecular formula is C12H23N3O4. The number of unbranched alkanes of at least 4 members (excludes halogenated alkanes) is 1. The molecule has 0 aliphatic carbocycles. The molecule has 0 saturated heterocycles. The van der Waals surface area contributed by atoms with Gasteiger partial charge in [-0.3, -0.25) is 14.4 Å². The maximum Gasteiger partial charge on any atom is 0.306 e. The van der Waals surface area contributed by atoms with Gasteiger partial charge in [-0.25, -0.2) is 0 Å². The Labute approximate surface area is 113 Å². The molecule has 4 N–H and O–H groups in total. The Morgan fingerprint density at radius 1 is 1.21 bits per heavy atom. The largest absolute Gasteiger partial charge is 0.469 e. The zero-order valence-electron chi connectivity index (χ0n) is 11.5. The monoisotopic (exact) mass is 273 g/mol. The molecule has 0 bridgehead atoms. The molecule has 0 aromatic rings. The number of ether oxygens (including phenoxy) is 1. The maximum atomic E-state index is 11.3. The van der Waals surface area contributed by atoms with E-state index in [0.29, 0.717) is 13.0 Å². The summed E-state index contributed by atoms with van der Waals surface area (Å²) >= 11 is 0. The highest BCUT2D eigenvalue weighted by Crippen LogP contribution is 1.99. The number of hydrogen-bond donors (Lipinski definition) is 3. The lowest BCUT2D eigenvalue weighted by molar-refractivity contribution is -0.142. The predicted molar refractivity (Wildman–Crippen MR) is 70.2 cm³/mol. The van der Waals surface area contributed by atoms with Gasteiger partial charge in [0.25, 0.3) is 0 Å². The number of nitrogens with one attached hydrogen (secondary N) is 2. The molecule has 0 aromatic heterocycles. The number of esters is 1. The van der Waals surface area contributed by atoms with Crippen molar-refractivity contribution in [3.63, 3.8) is 0 Å².